The monoisotopic (exact) mass is 446 g/mol. The largest absolute Gasteiger partial charge is 0.325 e. The third-order valence-electron chi connectivity index (χ3n) is 4.65. The van der Waals surface area contributed by atoms with Crippen molar-refractivity contribution in [2.24, 2.45) is 0 Å². The molecule has 0 aliphatic rings. The summed E-state index contributed by atoms with van der Waals surface area (Å²) in [6, 6.07) is 22.5. The van der Waals surface area contributed by atoms with Crippen LogP contribution in [0.2, 0.25) is 0 Å². The summed E-state index contributed by atoms with van der Waals surface area (Å²) < 4.78 is 16.2. The van der Waals surface area contributed by atoms with Gasteiger partial charge in [0, 0.05) is 16.9 Å². The Bertz CT molecular complexity index is 1270. The third-order valence-corrected chi connectivity index (χ3v) is 5.58. The fourth-order valence-electron chi connectivity index (χ4n) is 3.13. The SMILES string of the molecule is CC(=O)c1cccc(NC(=O)CSc2nnc(-c3ccccc3F)n2-c2ccccc2)c1. The van der Waals surface area contributed by atoms with Crippen LogP contribution in [-0.2, 0) is 4.79 Å². The number of hydrogen-bond donors (Lipinski definition) is 1. The fourth-order valence-corrected chi connectivity index (χ4v) is 3.89. The molecule has 0 fully saturated rings. The van der Waals surface area contributed by atoms with Crippen LogP contribution >= 0.6 is 11.8 Å². The van der Waals surface area contributed by atoms with Crippen molar-refractivity contribution >= 4 is 29.1 Å². The number of hydrogen-bond acceptors (Lipinski definition) is 5. The molecule has 4 rings (SSSR count). The number of carbonyl (C=O) groups is 2. The van der Waals surface area contributed by atoms with Gasteiger partial charge in [0.25, 0.3) is 0 Å². The molecule has 0 unspecified atom stereocenters. The van der Waals surface area contributed by atoms with Gasteiger partial charge in [-0.15, -0.1) is 10.2 Å². The van der Waals surface area contributed by atoms with Gasteiger partial charge >= 0.3 is 0 Å². The lowest BCUT2D eigenvalue weighted by atomic mass is 10.1. The second kappa shape index (κ2) is 9.57. The van der Waals surface area contributed by atoms with Crippen LogP contribution in [0, 0.1) is 5.82 Å². The van der Waals surface area contributed by atoms with E-state index in [9.17, 15) is 14.0 Å². The number of ketones is 1. The topological polar surface area (TPSA) is 76.9 Å². The van der Waals surface area contributed by atoms with E-state index in [1.54, 1.807) is 47.0 Å². The van der Waals surface area contributed by atoms with Crippen LogP contribution in [-0.4, -0.2) is 32.2 Å². The zero-order valence-corrected chi connectivity index (χ0v) is 18.0. The number of para-hydroxylation sites is 1. The number of nitrogens with zero attached hydrogens (tertiary/aromatic N) is 3. The number of thioether (sulfide) groups is 1. The van der Waals surface area contributed by atoms with E-state index in [1.165, 1.54) is 24.8 Å². The van der Waals surface area contributed by atoms with Crippen LogP contribution in [0.4, 0.5) is 10.1 Å². The van der Waals surface area contributed by atoms with Crippen LogP contribution in [0.25, 0.3) is 17.1 Å². The van der Waals surface area contributed by atoms with Crippen molar-refractivity contribution in [1.29, 1.82) is 0 Å². The summed E-state index contributed by atoms with van der Waals surface area (Å²) in [7, 11) is 0. The molecular weight excluding hydrogens is 427 g/mol. The molecule has 0 spiro atoms. The molecule has 160 valence electrons. The number of anilines is 1. The fraction of sp³-hybridized carbons (Fsp3) is 0.0833. The van der Waals surface area contributed by atoms with Gasteiger partial charge in [0.1, 0.15) is 5.82 Å². The number of Topliss-reactive ketones (excluding diaryl/α,β-unsaturated/α-hetero) is 1. The molecular formula is C24H19FN4O2S. The van der Waals surface area contributed by atoms with Gasteiger partial charge < -0.3 is 5.32 Å². The van der Waals surface area contributed by atoms with Crippen molar-refractivity contribution < 1.29 is 14.0 Å². The Kier molecular flexibility index (Phi) is 6.42. The van der Waals surface area contributed by atoms with Gasteiger partial charge in [-0.1, -0.05) is 54.2 Å². The lowest BCUT2D eigenvalue weighted by Crippen LogP contribution is -2.15. The second-order valence-corrected chi connectivity index (χ2v) is 7.87. The van der Waals surface area contributed by atoms with E-state index in [0.717, 1.165) is 5.69 Å². The first-order chi connectivity index (χ1) is 15.5. The van der Waals surface area contributed by atoms with Crippen LogP contribution in [0.5, 0.6) is 0 Å². The molecule has 4 aromatic rings. The number of aromatic nitrogens is 3. The minimum absolute atomic E-state index is 0.0620. The standard InChI is InChI=1S/C24H19FN4O2S/c1-16(30)17-8-7-9-18(14-17)26-22(31)15-32-24-28-27-23(20-12-5-6-13-21(20)25)29(24)19-10-3-2-4-11-19/h2-14H,15H2,1H3,(H,26,31). The maximum Gasteiger partial charge on any atom is 0.234 e. The summed E-state index contributed by atoms with van der Waals surface area (Å²) in [6.45, 7) is 1.47. The predicted octanol–water partition coefficient (Wildman–Crippen LogP) is 5.01. The summed E-state index contributed by atoms with van der Waals surface area (Å²) in [5, 5.41) is 11.7. The Hall–Kier alpha value is -3.78. The van der Waals surface area contributed by atoms with Gasteiger partial charge in [0.15, 0.2) is 16.8 Å². The Morgan fingerprint density at radius 2 is 1.72 bits per heavy atom. The van der Waals surface area contributed by atoms with E-state index < -0.39 is 5.82 Å². The van der Waals surface area contributed by atoms with E-state index in [1.807, 2.05) is 30.3 Å². The minimum Gasteiger partial charge on any atom is -0.325 e. The zero-order valence-electron chi connectivity index (χ0n) is 17.2. The van der Waals surface area contributed by atoms with Crippen molar-refractivity contribution in [2.75, 3.05) is 11.1 Å². The van der Waals surface area contributed by atoms with E-state index in [0.29, 0.717) is 27.8 Å². The van der Waals surface area contributed by atoms with Crippen molar-refractivity contribution in [3.8, 4) is 17.1 Å². The molecule has 1 N–H and O–H groups in total. The quantitative estimate of drug-likeness (QED) is 0.319. The highest BCUT2D eigenvalue weighted by atomic mass is 32.2. The zero-order chi connectivity index (χ0) is 22.5. The molecule has 0 radical (unpaired) electrons. The summed E-state index contributed by atoms with van der Waals surface area (Å²) >= 11 is 1.19. The number of nitrogens with one attached hydrogen (secondary N) is 1. The molecule has 0 atom stereocenters. The van der Waals surface area contributed by atoms with Gasteiger partial charge in [0.2, 0.25) is 5.91 Å². The average Bonchev–Trinajstić information content (AvgIpc) is 3.22. The Balaban J connectivity index is 1.58. The van der Waals surface area contributed by atoms with Crippen LogP contribution in [0.15, 0.2) is 84.0 Å². The van der Waals surface area contributed by atoms with Gasteiger partial charge in [-0.3, -0.25) is 14.2 Å². The summed E-state index contributed by atoms with van der Waals surface area (Å²) in [5.41, 5.74) is 2.14. The number of carbonyl (C=O) groups excluding carboxylic acids is 2. The summed E-state index contributed by atoms with van der Waals surface area (Å²) in [4.78, 5) is 24.1. The lowest BCUT2D eigenvalue weighted by Gasteiger charge is -2.11. The molecule has 1 amide bonds. The second-order valence-electron chi connectivity index (χ2n) is 6.93. The molecule has 0 aliphatic carbocycles. The van der Waals surface area contributed by atoms with Gasteiger partial charge in [-0.05, 0) is 43.3 Å². The molecule has 0 saturated heterocycles. The molecule has 0 saturated carbocycles. The van der Waals surface area contributed by atoms with E-state index in [4.69, 9.17) is 0 Å². The van der Waals surface area contributed by atoms with Crippen LogP contribution < -0.4 is 5.32 Å². The Morgan fingerprint density at radius 3 is 2.47 bits per heavy atom. The molecule has 8 heteroatoms. The average molecular weight is 447 g/mol. The first-order valence-electron chi connectivity index (χ1n) is 9.82. The molecule has 6 nitrogen and oxygen atoms in total. The number of benzene rings is 3. The number of halogens is 1. The first kappa shape index (κ1) is 21.5. The molecule has 0 aliphatic heterocycles. The number of amides is 1. The van der Waals surface area contributed by atoms with Crippen molar-refractivity contribution in [3.63, 3.8) is 0 Å². The number of rotatable bonds is 7. The molecule has 0 bridgehead atoms. The van der Waals surface area contributed by atoms with Gasteiger partial charge in [0.05, 0.1) is 11.3 Å². The van der Waals surface area contributed by atoms with E-state index in [-0.39, 0.29) is 17.4 Å². The van der Waals surface area contributed by atoms with Crippen LogP contribution in [0.3, 0.4) is 0 Å². The van der Waals surface area contributed by atoms with Crippen molar-refractivity contribution in [2.45, 2.75) is 12.1 Å². The highest BCUT2D eigenvalue weighted by Gasteiger charge is 2.19. The Morgan fingerprint density at radius 1 is 0.969 bits per heavy atom. The van der Waals surface area contributed by atoms with E-state index in [2.05, 4.69) is 15.5 Å². The lowest BCUT2D eigenvalue weighted by molar-refractivity contribution is -0.113. The smallest absolute Gasteiger partial charge is 0.234 e. The van der Waals surface area contributed by atoms with Crippen molar-refractivity contribution in [1.82, 2.24) is 14.8 Å². The maximum absolute atomic E-state index is 14.5. The van der Waals surface area contributed by atoms with Crippen LogP contribution in [0.1, 0.15) is 17.3 Å². The van der Waals surface area contributed by atoms with Gasteiger partial charge in [-0.25, -0.2) is 4.39 Å². The summed E-state index contributed by atoms with van der Waals surface area (Å²) in [5.74, 6) is -0.326. The molecule has 3 aromatic carbocycles. The van der Waals surface area contributed by atoms with E-state index >= 15 is 0 Å². The molecule has 1 heterocycles. The highest BCUT2D eigenvalue weighted by molar-refractivity contribution is 7.99. The maximum atomic E-state index is 14.5. The van der Waals surface area contributed by atoms with Gasteiger partial charge in [-0.2, -0.15) is 0 Å². The Labute approximate surface area is 188 Å². The predicted molar refractivity (Wildman–Crippen MR) is 123 cm³/mol. The minimum atomic E-state index is -0.406. The summed E-state index contributed by atoms with van der Waals surface area (Å²) in [6.07, 6.45) is 0. The first-order valence-corrected chi connectivity index (χ1v) is 10.8. The third kappa shape index (κ3) is 4.76. The molecule has 1 aromatic heterocycles. The highest BCUT2D eigenvalue weighted by Crippen LogP contribution is 2.29. The van der Waals surface area contributed by atoms with Crippen molar-refractivity contribution in [3.05, 3.63) is 90.2 Å². The normalized spacial score (nSPS) is 10.7. The molecule has 32 heavy (non-hydrogen) atoms.